The summed E-state index contributed by atoms with van der Waals surface area (Å²) >= 11 is 0. The summed E-state index contributed by atoms with van der Waals surface area (Å²) < 4.78 is 1.61. The Hall–Kier alpha value is -2.25. The van der Waals surface area contributed by atoms with E-state index in [1.54, 1.807) is 4.68 Å². The molecule has 0 bridgehead atoms. The van der Waals surface area contributed by atoms with Gasteiger partial charge < -0.3 is 5.11 Å². The van der Waals surface area contributed by atoms with E-state index >= 15 is 0 Å². The molecular weight excluding hydrogens is 308 g/mol. The molecule has 24 heavy (non-hydrogen) atoms. The van der Waals surface area contributed by atoms with Gasteiger partial charge in [0.1, 0.15) is 12.4 Å². The summed E-state index contributed by atoms with van der Waals surface area (Å²) in [6.45, 7) is 2.40. The van der Waals surface area contributed by atoms with Crippen molar-refractivity contribution in [1.29, 1.82) is 0 Å². The maximum atomic E-state index is 10.7. The van der Waals surface area contributed by atoms with Crippen LogP contribution in [0.2, 0.25) is 0 Å². The average molecular weight is 330 g/mol. The molecule has 0 amide bonds. The minimum absolute atomic E-state index is 0.0208. The second-order valence-electron chi connectivity index (χ2n) is 6.21. The summed E-state index contributed by atoms with van der Waals surface area (Å²) in [6.07, 6.45) is 5.19. The minimum atomic E-state index is -0.456. The summed E-state index contributed by atoms with van der Waals surface area (Å²) in [5.74, 6) is 0. The fourth-order valence-electron chi connectivity index (χ4n) is 3.33. The number of aliphatic hydroxyl groups is 1. The van der Waals surface area contributed by atoms with Crippen LogP contribution < -0.4 is 0 Å². The molecule has 0 saturated carbocycles. The molecule has 1 aliphatic rings. The number of rotatable bonds is 7. The number of likely N-dealkylation sites (tertiary alicyclic amines) is 1. The first-order valence-electron chi connectivity index (χ1n) is 8.27. The Morgan fingerprint density at radius 1 is 1.33 bits per heavy atom. The van der Waals surface area contributed by atoms with Gasteiger partial charge in [-0.05, 0) is 31.4 Å². The third kappa shape index (κ3) is 3.98. The predicted molar refractivity (Wildman–Crippen MR) is 89.5 cm³/mol. The molecule has 2 heterocycles. The van der Waals surface area contributed by atoms with Crippen LogP contribution in [0.4, 0.5) is 5.69 Å². The SMILES string of the molecule is O=[N+]([O-])c1cnn(CCN2CCCC2CC(O)c2ccccc2)c1. The molecule has 7 nitrogen and oxygen atoms in total. The Kier molecular flexibility index (Phi) is 5.22. The van der Waals surface area contributed by atoms with Crippen molar-refractivity contribution in [3.8, 4) is 0 Å². The molecule has 0 aliphatic carbocycles. The molecule has 128 valence electrons. The lowest BCUT2D eigenvalue weighted by molar-refractivity contribution is -0.385. The lowest BCUT2D eigenvalue weighted by Crippen LogP contribution is -2.33. The first-order chi connectivity index (χ1) is 11.6. The van der Waals surface area contributed by atoms with Gasteiger partial charge in [-0.2, -0.15) is 5.10 Å². The van der Waals surface area contributed by atoms with Gasteiger partial charge in [-0.15, -0.1) is 0 Å². The third-order valence-electron chi connectivity index (χ3n) is 4.63. The molecule has 1 fully saturated rings. The fourth-order valence-corrected chi connectivity index (χ4v) is 3.33. The Bertz CT molecular complexity index is 673. The van der Waals surface area contributed by atoms with Crippen molar-refractivity contribution in [2.24, 2.45) is 0 Å². The van der Waals surface area contributed by atoms with E-state index in [0.29, 0.717) is 19.0 Å². The highest BCUT2D eigenvalue weighted by molar-refractivity contribution is 5.20. The second-order valence-corrected chi connectivity index (χ2v) is 6.21. The number of nitro groups is 1. The Morgan fingerprint density at radius 2 is 2.12 bits per heavy atom. The quantitative estimate of drug-likeness (QED) is 0.622. The summed E-state index contributed by atoms with van der Waals surface area (Å²) in [5.41, 5.74) is 0.972. The minimum Gasteiger partial charge on any atom is -0.388 e. The van der Waals surface area contributed by atoms with Gasteiger partial charge in [0, 0.05) is 12.6 Å². The molecule has 1 aliphatic heterocycles. The predicted octanol–water partition coefficient (Wildman–Crippen LogP) is 2.38. The van der Waals surface area contributed by atoms with Gasteiger partial charge in [-0.1, -0.05) is 30.3 Å². The van der Waals surface area contributed by atoms with Crippen molar-refractivity contribution < 1.29 is 10.0 Å². The number of benzene rings is 1. The summed E-state index contributed by atoms with van der Waals surface area (Å²) in [5, 5.41) is 25.2. The summed E-state index contributed by atoms with van der Waals surface area (Å²) in [6, 6.07) is 10.1. The highest BCUT2D eigenvalue weighted by atomic mass is 16.6. The molecule has 1 N–H and O–H groups in total. The molecule has 2 atom stereocenters. The van der Waals surface area contributed by atoms with Gasteiger partial charge in [0.05, 0.1) is 17.6 Å². The van der Waals surface area contributed by atoms with Gasteiger partial charge >= 0.3 is 5.69 Å². The van der Waals surface area contributed by atoms with Crippen LogP contribution in [0.15, 0.2) is 42.7 Å². The maximum Gasteiger partial charge on any atom is 0.306 e. The number of aliphatic hydroxyl groups excluding tert-OH is 1. The zero-order chi connectivity index (χ0) is 16.9. The summed E-state index contributed by atoms with van der Waals surface area (Å²) in [7, 11) is 0. The van der Waals surface area contributed by atoms with E-state index in [-0.39, 0.29) is 5.69 Å². The van der Waals surface area contributed by atoms with Crippen LogP contribution in [0.5, 0.6) is 0 Å². The van der Waals surface area contributed by atoms with Gasteiger partial charge in [-0.25, -0.2) is 0 Å². The van der Waals surface area contributed by atoms with Gasteiger partial charge in [0.25, 0.3) is 0 Å². The monoisotopic (exact) mass is 330 g/mol. The van der Waals surface area contributed by atoms with Crippen molar-refractivity contribution in [2.75, 3.05) is 13.1 Å². The molecule has 1 aromatic carbocycles. The Morgan fingerprint density at radius 3 is 2.83 bits per heavy atom. The first kappa shape index (κ1) is 16.6. The van der Waals surface area contributed by atoms with Crippen molar-refractivity contribution in [3.63, 3.8) is 0 Å². The highest BCUT2D eigenvalue weighted by Gasteiger charge is 2.27. The van der Waals surface area contributed by atoms with Gasteiger partial charge in [-0.3, -0.25) is 19.7 Å². The van der Waals surface area contributed by atoms with E-state index in [0.717, 1.165) is 31.5 Å². The van der Waals surface area contributed by atoms with E-state index in [4.69, 9.17) is 0 Å². The van der Waals surface area contributed by atoms with Crippen molar-refractivity contribution >= 4 is 5.69 Å². The molecule has 2 unspecified atom stereocenters. The van der Waals surface area contributed by atoms with Gasteiger partial charge in [0.2, 0.25) is 0 Å². The number of hydrogen-bond donors (Lipinski definition) is 1. The van der Waals surface area contributed by atoms with Crippen LogP contribution in [0.1, 0.15) is 30.9 Å². The number of aromatic nitrogens is 2. The molecular formula is C17H22N4O3. The Labute approximate surface area is 140 Å². The zero-order valence-corrected chi connectivity index (χ0v) is 13.5. The number of nitrogens with zero attached hydrogens (tertiary/aromatic N) is 4. The lowest BCUT2D eigenvalue weighted by atomic mass is 10.0. The standard InChI is InChI=1S/C17H22N4O3/c22-17(14-5-2-1-3-6-14)11-15-7-4-8-19(15)9-10-20-13-16(12-18-20)21(23)24/h1-3,5-6,12-13,15,17,22H,4,7-11H2. The Balaban J connectivity index is 1.54. The van der Waals surface area contributed by atoms with Gasteiger partial charge in [0.15, 0.2) is 0 Å². The van der Waals surface area contributed by atoms with Crippen molar-refractivity contribution in [3.05, 3.63) is 58.4 Å². The molecule has 0 spiro atoms. The fraction of sp³-hybridized carbons (Fsp3) is 0.471. The number of hydrogen-bond acceptors (Lipinski definition) is 5. The van der Waals surface area contributed by atoms with Crippen LogP contribution in [-0.2, 0) is 6.54 Å². The van der Waals surface area contributed by atoms with Crippen LogP contribution in [0.25, 0.3) is 0 Å². The van der Waals surface area contributed by atoms with Crippen molar-refractivity contribution in [1.82, 2.24) is 14.7 Å². The smallest absolute Gasteiger partial charge is 0.306 e. The summed E-state index contributed by atoms with van der Waals surface area (Å²) in [4.78, 5) is 12.6. The van der Waals surface area contributed by atoms with E-state index in [1.165, 1.54) is 12.4 Å². The molecule has 7 heteroatoms. The van der Waals surface area contributed by atoms with E-state index in [1.807, 2.05) is 30.3 Å². The lowest BCUT2D eigenvalue weighted by Gasteiger charge is -2.26. The first-order valence-corrected chi connectivity index (χ1v) is 8.27. The zero-order valence-electron chi connectivity index (χ0n) is 13.5. The van der Waals surface area contributed by atoms with Crippen LogP contribution in [0.3, 0.4) is 0 Å². The average Bonchev–Trinajstić information content (AvgIpc) is 3.23. The van der Waals surface area contributed by atoms with E-state index < -0.39 is 11.0 Å². The highest BCUT2D eigenvalue weighted by Crippen LogP contribution is 2.27. The molecule has 3 rings (SSSR count). The molecule has 1 saturated heterocycles. The van der Waals surface area contributed by atoms with Crippen LogP contribution >= 0.6 is 0 Å². The van der Waals surface area contributed by atoms with E-state index in [2.05, 4.69) is 10.00 Å². The molecule has 1 aromatic heterocycles. The van der Waals surface area contributed by atoms with Crippen LogP contribution in [-0.4, -0.2) is 43.8 Å². The normalized spacial score (nSPS) is 19.5. The van der Waals surface area contributed by atoms with Crippen LogP contribution in [0, 0.1) is 10.1 Å². The van der Waals surface area contributed by atoms with E-state index in [9.17, 15) is 15.2 Å². The molecule has 0 radical (unpaired) electrons. The second kappa shape index (κ2) is 7.55. The third-order valence-corrected chi connectivity index (χ3v) is 4.63. The molecule has 2 aromatic rings. The maximum absolute atomic E-state index is 10.7. The largest absolute Gasteiger partial charge is 0.388 e. The van der Waals surface area contributed by atoms with Crippen molar-refractivity contribution in [2.45, 2.75) is 38.0 Å². The topological polar surface area (TPSA) is 84.4 Å².